The number of aryl methyl sites for hydroxylation is 1. The van der Waals surface area contributed by atoms with Crippen LogP contribution < -0.4 is 5.32 Å². The molecule has 1 atom stereocenters. The average Bonchev–Trinajstić information content (AvgIpc) is 2.76. The van der Waals surface area contributed by atoms with E-state index in [4.69, 9.17) is 4.74 Å². The van der Waals surface area contributed by atoms with Crippen molar-refractivity contribution in [2.75, 3.05) is 11.9 Å². The SMILES string of the molecule is Cn1ccc(NC2CCOC3(CCCCC3)C2)n1. The smallest absolute Gasteiger partial charge is 0.148 e. The fourth-order valence-electron chi connectivity index (χ4n) is 3.40. The van der Waals surface area contributed by atoms with E-state index in [1.54, 1.807) is 0 Å². The Hall–Kier alpha value is -1.03. The molecule has 1 aromatic heterocycles. The van der Waals surface area contributed by atoms with Gasteiger partial charge in [-0.1, -0.05) is 19.3 Å². The number of aromatic nitrogens is 2. The zero-order chi connectivity index (χ0) is 12.4. The van der Waals surface area contributed by atoms with Crippen LogP contribution in [0.25, 0.3) is 0 Å². The molecule has 0 radical (unpaired) electrons. The van der Waals surface area contributed by atoms with Crippen LogP contribution in [0.15, 0.2) is 12.3 Å². The fraction of sp³-hybridized carbons (Fsp3) is 0.786. The quantitative estimate of drug-likeness (QED) is 0.876. The van der Waals surface area contributed by atoms with Crippen molar-refractivity contribution in [2.24, 2.45) is 7.05 Å². The summed E-state index contributed by atoms with van der Waals surface area (Å²) in [7, 11) is 1.96. The second kappa shape index (κ2) is 4.92. The minimum Gasteiger partial charge on any atom is -0.375 e. The molecule has 1 aromatic rings. The van der Waals surface area contributed by atoms with Crippen LogP contribution in [0.1, 0.15) is 44.9 Å². The fourth-order valence-corrected chi connectivity index (χ4v) is 3.40. The molecule has 1 N–H and O–H groups in total. The highest BCUT2D eigenvalue weighted by Crippen LogP contribution is 2.39. The van der Waals surface area contributed by atoms with E-state index < -0.39 is 0 Å². The summed E-state index contributed by atoms with van der Waals surface area (Å²) < 4.78 is 7.96. The standard InChI is InChI=1S/C14H23N3O/c1-17-9-5-13(16-17)15-12-6-10-18-14(11-12)7-3-2-4-8-14/h5,9,12H,2-4,6-8,10-11H2,1H3,(H,15,16). The molecule has 0 amide bonds. The summed E-state index contributed by atoms with van der Waals surface area (Å²) in [6.07, 6.45) is 10.7. The zero-order valence-corrected chi connectivity index (χ0v) is 11.2. The van der Waals surface area contributed by atoms with E-state index in [1.807, 2.05) is 24.0 Å². The molecule has 4 nitrogen and oxygen atoms in total. The van der Waals surface area contributed by atoms with Gasteiger partial charge in [-0.15, -0.1) is 0 Å². The van der Waals surface area contributed by atoms with Crippen molar-refractivity contribution < 1.29 is 4.74 Å². The van der Waals surface area contributed by atoms with Crippen LogP contribution in [-0.2, 0) is 11.8 Å². The molecule has 2 fully saturated rings. The second-order valence-corrected chi connectivity index (χ2v) is 5.80. The van der Waals surface area contributed by atoms with Crippen LogP contribution in [-0.4, -0.2) is 28.0 Å². The summed E-state index contributed by atoms with van der Waals surface area (Å²) in [6.45, 7) is 0.893. The summed E-state index contributed by atoms with van der Waals surface area (Å²) in [6, 6.07) is 2.56. The number of ether oxygens (including phenoxy) is 1. The van der Waals surface area contributed by atoms with Crippen molar-refractivity contribution in [3.8, 4) is 0 Å². The summed E-state index contributed by atoms with van der Waals surface area (Å²) in [5.74, 6) is 0.996. The molecule has 2 aliphatic rings. The maximum atomic E-state index is 6.11. The molecule has 1 saturated carbocycles. The maximum absolute atomic E-state index is 6.11. The Morgan fingerprint density at radius 3 is 2.94 bits per heavy atom. The molecule has 4 heteroatoms. The predicted molar refractivity (Wildman–Crippen MR) is 71.6 cm³/mol. The van der Waals surface area contributed by atoms with E-state index in [1.165, 1.54) is 32.1 Å². The minimum atomic E-state index is 0.170. The molecular formula is C14H23N3O. The predicted octanol–water partition coefficient (Wildman–Crippen LogP) is 2.71. The summed E-state index contributed by atoms with van der Waals surface area (Å²) >= 11 is 0. The van der Waals surface area contributed by atoms with Gasteiger partial charge in [-0.3, -0.25) is 4.68 Å². The van der Waals surface area contributed by atoms with Crippen molar-refractivity contribution in [3.63, 3.8) is 0 Å². The lowest BCUT2D eigenvalue weighted by Crippen LogP contribution is -2.45. The van der Waals surface area contributed by atoms with Crippen molar-refractivity contribution >= 4 is 5.82 Å². The molecule has 0 bridgehead atoms. The molecule has 1 aliphatic carbocycles. The molecule has 3 rings (SSSR count). The second-order valence-electron chi connectivity index (χ2n) is 5.80. The molecule has 18 heavy (non-hydrogen) atoms. The Labute approximate surface area is 109 Å². The van der Waals surface area contributed by atoms with E-state index in [0.717, 1.165) is 25.3 Å². The van der Waals surface area contributed by atoms with Crippen LogP contribution in [0, 0.1) is 0 Å². The minimum absolute atomic E-state index is 0.170. The number of anilines is 1. The van der Waals surface area contributed by atoms with Gasteiger partial charge in [0.15, 0.2) is 0 Å². The highest BCUT2D eigenvalue weighted by Gasteiger charge is 2.38. The molecule has 0 aromatic carbocycles. The van der Waals surface area contributed by atoms with Gasteiger partial charge in [0.25, 0.3) is 0 Å². The Morgan fingerprint density at radius 2 is 2.22 bits per heavy atom. The van der Waals surface area contributed by atoms with E-state index >= 15 is 0 Å². The maximum Gasteiger partial charge on any atom is 0.148 e. The number of nitrogens with zero attached hydrogens (tertiary/aromatic N) is 2. The van der Waals surface area contributed by atoms with E-state index in [0.29, 0.717) is 6.04 Å². The Bertz CT molecular complexity index is 390. The third-order valence-electron chi connectivity index (χ3n) is 4.32. The van der Waals surface area contributed by atoms with Crippen molar-refractivity contribution in [3.05, 3.63) is 12.3 Å². The lowest BCUT2D eigenvalue weighted by atomic mass is 9.78. The van der Waals surface area contributed by atoms with Gasteiger partial charge in [0.1, 0.15) is 5.82 Å². The van der Waals surface area contributed by atoms with Gasteiger partial charge in [-0.2, -0.15) is 5.10 Å². The molecule has 1 aliphatic heterocycles. The van der Waals surface area contributed by atoms with Crippen LogP contribution in [0.5, 0.6) is 0 Å². The number of hydrogen-bond acceptors (Lipinski definition) is 3. The van der Waals surface area contributed by atoms with Crippen LogP contribution in [0.3, 0.4) is 0 Å². The van der Waals surface area contributed by atoms with Gasteiger partial charge in [-0.25, -0.2) is 0 Å². The highest BCUT2D eigenvalue weighted by atomic mass is 16.5. The summed E-state index contributed by atoms with van der Waals surface area (Å²) in [5, 5.41) is 7.96. The molecular weight excluding hydrogens is 226 g/mol. The molecule has 1 saturated heterocycles. The topological polar surface area (TPSA) is 39.1 Å². The largest absolute Gasteiger partial charge is 0.375 e. The lowest BCUT2D eigenvalue weighted by molar-refractivity contribution is -0.103. The molecule has 1 spiro atoms. The van der Waals surface area contributed by atoms with Gasteiger partial charge in [-0.05, 0) is 25.7 Å². The van der Waals surface area contributed by atoms with Gasteiger partial charge in [0.2, 0.25) is 0 Å². The Kier molecular flexibility index (Phi) is 3.29. The third kappa shape index (κ3) is 2.53. The van der Waals surface area contributed by atoms with Gasteiger partial charge >= 0.3 is 0 Å². The highest BCUT2D eigenvalue weighted by molar-refractivity contribution is 5.33. The van der Waals surface area contributed by atoms with E-state index in [2.05, 4.69) is 10.4 Å². The Morgan fingerprint density at radius 1 is 1.39 bits per heavy atom. The van der Waals surface area contributed by atoms with Crippen LogP contribution in [0.2, 0.25) is 0 Å². The first-order valence-corrected chi connectivity index (χ1v) is 7.16. The number of hydrogen-bond donors (Lipinski definition) is 1. The number of nitrogens with one attached hydrogen (secondary N) is 1. The lowest BCUT2D eigenvalue weighted by Gasteiger charge is -2.43. The first-order valence-electron chi connectivity index (χ1n) is 7.16. The van der Waals surface area contributed by atoms with Gasteiger partial charge < -0.3 is 10.1 Å². The third-order valence-corrected chi connectivity index (χ3v) is 4.32. The molecule has 100 valence electrons. The van der Waals surface area contributed by atoms with E-state index in [-0.39, 0.29) is 5.60 Å². The monoisotopic (exact) mass is 249 g/mol. The average molecular weight is 249 g/mol. The molecule has 2 heterocycles. The van der Waals surface area contributed by atoms with Crippen LogP contribution >= 0.6 is 0 Å². The zero-order valence-electron chi connectivity index (χ0n) is 11.2. The van der Waals surface area contributed by atoms with Crippen LogP contribution in [0.4, 0.5) is 5.82 Å². The van der Waals surface area contributed by atoms with Gasteiger partial charge in [0.05, 0.1) is 5.60 Å². The first-order chi connectivity index (χ1) is 8.76. The van der Waals surface area contributed by atoms with Crippen molar-refractivity contribution in [1.82, 2.24) is 9.78 Å². The molecule has 1 unspecified atom stereocenters. The number of rotatable bonds is 2. The van der Waals surface area contributed by atoms with Gasteiger partial charge in [0, 0.05) is 32.0 Å². The summed E-state index contributed by atoms with van der Waals surface area (Å²) in [4.78, 5) is 0. The summed E-state index contributed by atoms with van der Waals surface area (Å²) in [5.41, 5.74) is 0.170. The van der Waals surface area contributed by atoms with E-state index in [9.17, 15) is 0 Å². The normalized spacial score (nSPS) is 27.3. The van der Waals surface area contributed by atoms with Crippen molar-refractivity contribution in [1.29, 1.82) is 0 Å². The first kappa shape index (κ1) is 12.0. The van der Waals surface area contributed by atoms with Crippen molar-refractivity contribution in [2.45, 2.75) is 56.6 Å². The Balaban J connectivity index is 1.63.